The minimum absolute atomic E-state index is 0.0772. The quantitative estimate of drug-likeness (QED) is 0.893. The lowest BCUT2D eigenvalue weighted by atomic mass is 10.1. The van der Waals surface area contributed by atoms with Crippen molar-refractivity contribution in [3.05, 3.63) is 51.5 Å². The molecule has 2 aromatic rings. The Labute approximate surface area is 126 Å². The highest BCUT2D eigenvalue weighted by Gasteiger charge is 2.15. The smallest absolute Gasteiger partial charge is 0.251 e. The van der Waals surface area contributed by atoms with Gasteiger partial charge in [0.1, 0.15) is 6.10 Å². The first-order valence-corrected chi connectivity index (χ1v) is 7.24. The Morgan fingerprint density at radius 3 is 2.81 bits per heavy atom. The summed E-state index contributed by atoms with van der Waals surface area (Å²) in [5.74, 6) is -0.953. The van der Waals surface area contributed by atoms with Gasteiger partial charge in [-0.1, -0.05) is 0 Å². The van der Waals surface area contributed by atoms with Crippen LogP contribution in [0.15, 0.2) is 29.6 Å². The first kappa shape index (κ1) is 15.5. The summed E-state index contributed by atoms with van der Waals surface area (Å²) < 4.78 is 18.3. The molecule has 1 heterocycles. The van der Waals surface area contributed by atoms with Crippen molar-refractivity contribution >= 4 is 17.2 Å². The molecule has 0 radical (unpaired) electrons. The van der Waals surface area contributed by atoms with E-state index in [9.17, 15) is 14.3 Å². The fraction of sp³-hybridized carbons (Fsp3) is 0.267. The lowest BCUT2D eigenvalue weighted by molar-refractivity contribution is 0.0917. The van der Waals surface area contributed by atoms with E-state index in [4.69, 9.17) is 4.74 Å². The molecule has 1 aromatic carbocycles. The lowest BCUT2D eigenvalue weighted by Crippen LogP contribution is -2.28. The number of rotatable bonds is 5. The van der Waals surface area contributed by atoms with E-state index in [1.54, 1.807) is 0 Å². The number of nitrogens with one attached hydrogen (secondary N) is 1. The predicted molar refractivity (Wildman–Crippen MR) is 79.3 cm³/mol. The minimum atomic E-state index is -0.767. The molecule has 4 nitrogen and oxygen atoms in total. The summed E-state index contributed by atoms with van der Waals surface area (Å²) in [6, 6.07) is 5.88. The van der Waals surface area contributed by atoms with Crippen LogP contribution < -0.4 is 10.1 Å². The zero-order chi connectivity index (χ0) is 15.4. The largest absolute Gasteiger partial charge is 0.494 e. The highest BCUT2D eigenvalue weighted by Crippen LogP contribution is 2.23. The molecular formula is C15H16FNO3S. The minimum Gasteiger partial charge on any atom is -0.494 e. The van der Waals surface area contributed by atoms with Gasteiger partial charge in [0.2, 0.25) is 0 Å². The first-order chi connectivity index (χ1) is 10.0. The maximum Gasteiger partial charge on any atom is 0.251 e. The van der Waals surface area contributed by atoms with Gasteiger partial charge in [-0.2, -0.15) is 0 Å². The van der Waals surface area contributed by atoms with Gasteiger partial charge in [0, 0.05) is 17.0 Å². The number of carbonyl (C=O) groups is 1. The molecule has 0 unspecified atom stereocenters. The summed E-state index contributed by atoms with van der Waals surface area (Å²) in [6.07, 6.45) is -0.767. The van der Waals surface area contributed by atoms with Crippen LogP contribution in [0.1, 0.15) is 26.9 Å². The van der Waals surface area contributed by atoms with Crippen LogP contribution in [0, 0.1) is 12.7 Å². The van der Waals surface area contributed by atoms with Crippen LogP contribution in [0.5, 0.6) is 5.75 Å². The van der Waals surface area contributed by atoms with Crippen molar-refractivity contribution in [2.24, 2.45) is 0 Å². The van der Waals surface area contributed by atoms with Crippen molar-refractivity contribution in [3.63, 3.8) is 0 Å². The van der Waals surface area contributed by atoms with Gasteiger partial charge in [0.05, 0.1) is 7.11 Å². The number of thiophene rings is 1. The molecule has 2 N–H and O–H groups in total. The molecule has 1 amide bonds. The Morgan fingerprint density at radius 1 is 1.48 bits per heavy atom. The Morgan fingerprint density at radius 2 is 2.24 bits per heavy atom. The van der Waals surface area contributed by atoms with Crippen LogP contribution in [0.25, 0.3) is 0 Å². The van der Waals surface area contributed by atoms with Gasteiger partial charge in [0.25, 0.3) is 5.91 Å². The highest BCUT2D eigenvalue weighted by molar-refractivity contribution is 7.10. The monoisotopic (exact) mass is 309 g/mol. The maximum atomic E-state index is 13.5. The molecule has 21 heavy (non-hydrogen) atoms. The number of hydrogen-bond acceptors (Lipinski definition) is 4. The van der Waals surface area contributed by atoms with Crippen molar-refractivity contribution in [1.29, 1.82) is 0 Å². The topological polar surface area (TPSA) is 58.6 Å². The van der Waals surface area contributed by atoms with Gasteiger partial charge in [-0.15, -0.1) is 11.3 Å². The lowest BCUT2D eigenvalue weighted by Gasteiger charge is -2.12. The molecular weight excluding hydrogens is 293 g/mol. The third-order valence-electron chi connectivity index (χ3n) is 3.07. The molecule has 0 aliphatic heterocycles. The molecule has 112 valence electrons. The summed E-state index contributed by atoms with van der Waals surface area (Å²) >= 11 is 1.43. The number of methoxy groups -OCH3 is 1. The van der Waals surface area contributed by atoms with E-state index in [-0.39, 0.29) is 17.9 Å². The van der Waals surface area contributed by atoms with Gasteiger partial charge < -0.3 is 15.2 Å². The summed E-state index contributed by atoms with van der Waals surface area (Å²) in [4.78, 5) is 12.7. The van der Waals surface area contributed by atoms with E-state index < -0.39 is 17.8 Å². The van der Waals surface area contributed by atoms with Crippen molar-refractivity contribution in [3.8, 4) is 5.75 Å². The molecule has 0 aliphatic rings. The van der Waals surface area contributed by atoms with Gasteiger partial charge in [-0.25, -0.2) is 4.39 Å². The highest BCUT2D eigenvalue weighted by atomic mass is 32.1. The molecule has 0 spiro atoms. The summed E-state index contributed by atoms with van der Waals surface area (Å²) in [5, 5.41) is 14.5. The van der Waals surface area contributed by atoms with Crippen molar-refractivity contribution in [2.45, 2.75) is 13.0 Å². The second-order valence-electron chi connectivity index (χ2n) is 4.54. The Hall–Kier alpha value is -1.92. The number of aliphatic hydroxyl groups excluding tert-OH is 1. The average molecular weight is 309 g/mol. The number of benzene rings is 1. The van der Waals surface area contributed by atoms with Gasteiger partial charge >= 0.3 is 0 Å². The SMILES string of the molecule is COc1ccc(C(=O)NC[C@@H](O)c2sccc2C)cc1F. The van der Waals surface area contributed by atoms with Crippen LogP contribution in [0.2, 0.25) is 0 Å². The molecule has 1 atom stereocenters. The van der Waals surface area contributed by atoms with E-state index in [0.717, 1.165) is 16.5 Å². The van der Waals surface area contributed by atoms with E-state index in [2.05, 4.69) is 5.32 Å². The van der Waals surface area contributed by atoms with E-state index in [0.29, 0.717) is 0 Å². The third kappa shape index (κ3) is 3.59. The summed E-state index contributed by atoms with van der Waals surface area (Å²) in [7, 11) is 1.36. The zero-order valence-corrected chi connectivity index (χ0v) is 12.5. The summed E-state index contributed by atoms with van der Waals surface area (Å²) in [6.45, 7) is 1.98. The first-order valence-electron chi connectivity index (χ1n) is 6.36. The fourth-order valence-corrected chi connectivity index (χ4v) is 2.83. The molecule has 0 bridgehead atoms. The molecule has 0 saturated heterocycles. The Balaban J connectivity index is 1.99. The second kappa shape index (κ2) is 6.69. The number of hydrogen-bond donors (Lipinski definition) is 2. The molecule has 0 saturated carbocycles. The van der Waals surface area contributed by atoms with E-state index in [1.807, 2.05) is 18.4 Å². The Kier molecular flexibility index (Phi) is 4.93. The third-order valence-corrected chi connectivity index (χ3v) is 4.19. The number of carbonyl (C=O) groups excluding carboxylic acids is 1. The van der Waals surface area contributed by atoms with Crippen LogP contribution >= 0.6 is 11.3 Å². The Bertz CT molecular complexity index is 642. The molecule has 0 fully saturated rings. The van der Waals surface area contributed by atoms with Crippen LogP contribution in [0.4, 0.5) is 4.39 Å². The van der Waals surface area contributed by atoms with Crippen molar-refractivity contribution in [2.75, 3.05) is 13.7 Å². The second-order valence-corrected chi connectivity index (χ2v) is 5.49. The predicted octanol–water partition coefficient (Wildman–Crippen LogP) is 2.67. The van der Waals surface area contributed by atoms with Crippen molar-refractivity contribution < 1.29 is 19.0 Å². The van der Waals surface area contributed by atoms with Gasteiger partial charge in [0.15, 0.2) is 11.6 Å². The molecule has 2 rings (SSSR count). The zero-order valence-electron chi connectivity index (χ0n) is 11.7. The van der Waals surface area contributed by atoms with Gasteiger partial charge in [-0.3, -0.25) is 4.79 Å². The molecule has 0 aliphatic carbocycles. The number of ether oxygens (including phenoxy) is 1. The molecule has 1 aromatic heterocycles. The average Bonchev–Trinajstić information content (AvgIpc) is 2.90. The standard InChI is InChI=1S/C15H16FNO3S/c1-9-5-6-21-14(9)12(18)8-17-15(19)10-3-4-13(20-2)11(16)7-10/h3-7,12,18H,8H2,1-2H3,(H,17,19)/t12-/m1/s1. The maximum absolute atomic E-state index is 13.5. The number of aliphatic hydroxyl groups is 1. The fourth-order valence-electron chi connectivity index (χ4n) is 1.92. The normalized spacial score (nSPS) is 12.0. The number of amides is 1. The molecule has 6 heteroatoms. The van der Waals surface area contributed by atoms with E-state index in [1.165, 1.54) is 30.6 Å². The van der Waals surface area contributed by atoms with Crippen molar-refractivity contribution in [1.82, 2.24) is 5.32 Å². The van der Waals surface area contributed by atoms with E-state index >= 15 is 0 Å². The summed E-state index contributed by atoms with van der Waals surface area (Å²) in [5.41, 5.74) is 1.17. The number of halogens is 1. The van der Waals surface area contributed by atoms with Gasteiger partial charge in [-0.05, 0) is 42.1 Å². The number of aryl methyl sites for hydroxylation is 1. The van der Waals surface area contributed by atoms with Crippen LogP contribution in [-0.4, -0.2) is 24.7 Å². The van der Waals surface area contributed by atoms with Crippen LogP contribution in [-0.2, 0) is 0 Å². The van der Waals surface area contributed by atoms with Crippen LogP contribution in [0.3, 0.4) is 0 Å².